The molecular formula is C28H36ClN3O5S. The average molecular weight is 565 g/mol. The third kappa shape index (κ3) is 5.06. The summed E-state index contributed by atoms with van der Waals surface area (Å²) in [5.41, 5.74) is 1.14. The van der Waals surface area contributed by atoms with E-state index in [-0.39, 0.29) is 23.0 Å². The van der Waals surface area contributed by atoms with E-state index < -0.39 is 23.4 Å². The molecule has 8 nitrogen and oxygen atoms in total. The fraction of sp³-hybridized carbons (Fsp3) is 0.571. The number of aromatic nitrogens is 1. The fourth-order valence-electron chi connectivity index (χ4n) is 5.84. The van der Waals surface area contributed by atoms with Crippen molar-refractivity contribution >= 4 is 29.3 Å². The first kappa shape index (κ1) is 23.7. The smallest absolute Gasteiger partial charge is 0.254 e. The summed E-state index contributed by atoms with van der Waals surface area (Å²) < 4.78 is 41.0. The molecule has 38 heavy (non-hydrogen) atoms. The van der Waals surface area contributed by atoms with Crippen LogP contribution < -0.4 is 20.3 Å². The van der Waals surface area contributed by atoms with Gasteiger partial charge in [0, 0.05) is 77.0 Å². The van der Waals surface area contributed by atoms with Crippen molar-refractivity contribution in [2.24, 2.45) is 5.92 Å². The van der Waals surface area contributed by atoms with Gasteiger partial charge in [-0.15, -0.1) is 11.8 Å². The molecule has 1 aromatic heterocycles. The molecule has 1 aromatic carbocycles. The van der Waals surface area contributed by atoms with Gasteiger partial charge in [-0.1, -0.05) is 11.6 Å². The van der Waals surface area contributed by atoms with Crippen LogP contribution in [-0.4, -0.2) is 60.1 Å². The van der Waals surface area contributed by atoms with Crippen molar-refractivity contribution in [1.82, 2.24) is 15.2 Å². The van der Waals surface area contributed by atoms with Crippen LogP contribution in [0.2, 0.25) is 5.02 Å². The van der Waals surface area contributed by atoms with Crippen molar-refractivity contribution in [2.75, 3.05) is 26.4 Å². The van der Waals surface area contributed by atoms with E-state index in [4.69, 9.17) is 29.9 Å². The first-order valence-corrected chi connectivity index (χ1v) is 14.2. The topological polar surface area (TPSA) is 92.9 Å². The van der Waals surface area contributed by atoms with Gasteiger partial charge in [0.25, 0.3) is 17.3 Å². The summed E-state index contributed by atoms with van der Waals surface area (Å²) in [4.78, 5) is 31.4. The summed E-state index contributed by atoms with van der Waals surface area (Å²) >= 11 is 7.22. The van der Waals surface area contributed by atoms with Crippen LogP contribution in [0, 0.1) is 19.8 Å². The van der Waals surface area contributed by atoms with Gasteiger partial charge in [0.2, 0.25) is 0 Å². The number of thioether (sulfide) groups is 1. The highest BCUT2D eigenvalue weighted by Crippen LogP contribution is 2.51. The van der Waals surface area contributed by atoms with Crippen molar-refractivity contribution in [2.45, 2.75) is 75.8 Å². The molecule has 3 heterocycles. The summed E-state index contributed by atoms with van der Waals surface area (Å²) in [6.07, 6.45) is 2.02. The number of carbonyl (C=O) groups is 1. The van der Waals surface area contributed by atoms with Crippen LogP contribution in [0.15, 0.2) is 21.8 Å². The summed E-state index contributed by atoms with van der Waals surface area (Å²) in [5, 5.41) is 3.02. The van der Waals surface area contributed by atoms with Gasteiger partial charge in [-0.25, -0.2) is 0 Å². The lowest BCUT2D eigenvalue weighted by Gasteiger charge is -2.47. The molecule has 2 fully saturated rings. The summed E-state index contributed by atoms with van der Waals surface area (Å²) in [7, 11) is 1.76. The van der Waals surface area contributed by atoms with Gasteiger partial charge in [0.1, 0.15) is 0 Å². The Balaban J connectivity index is 1.28. The molecule has 1 amide bonds. The molecule has 0 spiro atoms. The number of fused-ring (bicyclic) bond motifs is 1. The molecule has 0 radical (unpaired) electrons. The number of amides is 1. The molecule has 3 aliphatic rings. The van der Waals surface area contributed by atoms with Gasteiger partial charge in [-0.3, -0.25) is 14.5 Å². The Morgan fingerprint density at radius 2 is 1.97 bits per heavy atom. The zero-order valence-corrected chi connectivity index (χ0v) is 23.7. The van der Waals surface area contributed by atoms with E-state index in [0.29, 0.717) is 57.1 Å². The van der Waals surface area contributed by atoms with Crippen LogP contribution in [-0.2, 0) is 11.3 Å². The van der Waals surface area contributed by atoms with Gasteiger partial charge in [0.05, 0.1) is 11.1 Å². The monoisotopic (exact) mass is 564 g/mol. The average Bonchev–Trinajstić information content (AvgIpc) is 3.24. The number of hydrogen-bond acceptors (Lipinski definition) is 7. The summed E-state index contributed by atoms with van der Waals surface area (Å²) in [6, 6.07) is 3.69. The van der Waals surface area contributed by atoms with E-state index in [1.807, 2.05) is 6.92 Å². The first-order chi connectivity index (χ1) is 19.3. The third-order valence-electron chi connectivity index (χ3n) is 8.22. The lowest BCUT2D eigenvalue weighted by Crippen LogP contribution is -2.57. The quantitative estimate of drug-likeness (QED) is 0.472. The zero-order valence-electron chi connectivity index (χ0n) is 25.1. The lowest BCUT2D eigenvalue weighted by atomic mass is 9.80. The Morgan fingerprint density at radius 3 is 2.66 bits per heavy atom. The molecule has 2 aliphatic heterocycles. The minimum atomic E-state index is -2.34. The molecule has 1 atom stereocenters. The van der Waals surface area contributed by atoms with Gasteiger partial charge in [-0.05, 0) is 57.8 Å². The second-order valence-corrected chi connectivity index (χ2v) is 11.7. The number of likely N-dealkylation sites (tertiary alicyclic amines) is 1. The minimum absolute atomic E-state index is 0.151. The summed E-state index contributed by atoms with van der Waals surface area (Å²) in [5.74, 6) is -0.302. The maximum Gasteiger partial charge on any atom is 0.254 e. The van der Waals surface area contributed by atoms with Crippen molar-refractivity contribution in [3.05, 3.63) is 49.9 Å². The number of aryl methyl sites for hydroxylation is 1. The van der Waals surface area contributed by atoms with Crippen LogP contribution >= 0.6 is 23.4 Å². The number of methoxy groups -OCH3 is 1. The highest BCUT2D eigenvalue weighted by molar-refractivity contribution is 7.98. The molecule has 2 aromatic rings. The van der Waals surface area contributed by atoms with E-state index in [2.05, 4.69) is 15.2 Å². The van der Waals surface area contributed by atoms with Crippen LogP contribution in [0.3, 0.4) is 0 Å². The Labute approximate surface area is 237 Å². The first-order valence-electron chi connectivity index (χ1n) is 14.5. The zero-order chi connectivity index (χ0) is 29.7. The number of pyridine rings is 1. The Hall–Kier alpha value is -2.20. The number of H-pyrrole nitrogens is 1. The van der Waals surface area contributed by atoms with E-state index in [9.17, 15) is 9.59 Å². The number of ether oxygens (including phenoxy) is 3. The van der Waals surface area contributed by atoms with E-state index in [1.165, 1.54) is 0 Å². The molecule has 5 rings (SSSR count). The SMILES string of the molecule is [2H]C([2H])([2H])Sc1cc(C)[nH]c(=O)c1CNC(=O)c1cc(Cl)c2c(c1C)OC(C)(C1CCC(N3CC(OC)C3)CC1)O2. The van der Waals surface area contributed by atoms with Crippen molar-refractivity contribution in [3.8, 4) is 11.5 Å². The normalized spacial score (nSPS) is 26.8. The summed E-state index contributed by atoms with van der Waals surface area (Å²) in [6.45, 7) is 7.21. The number of aromatic amines is 1. The molecule has 10 heteroatoms. The number of hydrogen-bond donors (Lipinski definition) is 2. The predicted octanol–water partition coefficient (Wildman–Crippen LogP) is 4.67. The van der Waals surface area contributed by atoms with Crippen molar-refractivity contribution in [1.29, 1.82) is 0 Å². The Morgan fingerprint density at radius 1 is 1.26 bits per heavy atom. The van der Waals surface area contributed by atoms with Gasteiger partial charge in [-0.2, -0.15) is 0 Å². The lowest BCUT2D eigenvalue weighted by molar-refractivity contribution is -0.130. The van der Waals surface area contributed by atoms with E-state index in [1.54, 1.807) is 33.1 Å². The molecule has 206 valence electrons. The van der Waals surface area contributed by atoms with Crippen LogP contribution in [0.25, 0.3) is 0 Å². The van der Waals surface area contributed by atoms with Crippen LogP contribution in [0.4, 0.5) is 0 Å². The second kappa shape index (κ2) is 10.8. The highest BCUT2D eigenvalue weighted by Gasteiger charge is 2.48. The van der Waals surface area contributed by atoms with Gasteiger partial charge >= 0.3 is 0 Å². The van der Waals surface area contributed by atoms with Crippen LogP contribution in [0.5, 0.6) is 11.5 Å². The van der Waals surface area contributed by atoms with E-state index >= 15 is 0 Å². The number of halogens is 1. The molecule has 1 unspecified atom stereocenters. The number of benzene rings is 1. The third-order valence-corrected chi connectivity index (χ3v) is 9.09. The molecule has 0 bridgehead atoms. The fourth-order valence-corrected chi connectivity index (χ4v) is 6.60. The van der Waals surface area contributed by atoms with Crippen molar-refractivity contribution < 1.29 is 23.1 Å². The largest absolute Gasteiger partial charge is 0.448 e. The standard InChI is InChI=1S/C28H36ClN3O5S/c1-15-10-23(38-5)21(27(34)31-15)12-30-26(33)20-11-22(29)25-24(16(20)2)36-28(3,37-25)17-6-8-18(9-7-17)32-13-19(14-32)35-4/h10-11,17-19H,6-9,12-14H2,1-5H3,(H,30,33)(H,31,34)/i5D3. The van der Waals surface area contributed by atoms with Crippen molar-refractivity contribution in [3.63, 3.8) is 0 Å². The highest BCUT2D eigenvalue weighted by atomic mass is 35.5. The predicted molar refractivity (Wildman–Crippen MR) is 149 cm³/mol. The van der Waals surface area contributed by atoms with Gasteiger partial charge < -0.3 is 24.5 Å². The maximum absolute atomic E-state index is 13.3. The number of carbonyl (C=O) groups excluding carboxylic acids is 1. The number of nitrogens with one attached hydrogen (secondary N) is 2. The maximum atomic E-state index is 13.3. The minimum Gasteiger partial charge on any atom is -0.448 e. The van der Waals surface area contributed by atoms with E-state index in [0.717, 1.165) is 38.8 Å². The number of nitrogens with zero attached hydrogens (tertiary/aromatic N) is 1. The molecule has 2 N–H and O–H groups in total. The molecule has 1 saturated heterocycles. The molecule has 1 saturated carbocycles. The number of rotatable bonds is 7. The Bertz CT molecular complexity index is 1390. The molecule has 1 aliphatic carbocycles. The van der Waals surface area contributed by atoms with Crippen LogP contribution in [0.1, 0.15) is 63.9 Å². The Kier molecular flexibility index (Phi) is 6.70. The molecular weight excluding hydrogens is 526 g/mol. The second-order valence-electron chi connectivity index (χ2n) is 10.6. The van der Waals surface area contributed by atoms with Gasteiger partial charge in [0.15, 0.2) is 11.5 Å².